The fourth-order valence-electron chi connectivity index (χ4n) is 4.67. The molecular formula is C30H29ClN6O4. The van der Waals surface area contributed by atoms with Crippen LogP contribution in [0.15, 0.2) is 71.7 Å². The quantitative estimate of drug-likeness (QED) is 0.258. The second-order valence-electron chi connectivity index (χ2n) is 9.43. The number of hydrogen-bond acceptors (Lipinski definition) is 7. The average Bonchev–Trinajstić information content (AvgIpc) is 3.28. The van der Waals surface area contributed by atoms with Gasteiger partial charge in [-0.2, -0.15) is 0 Å². The minimum Gasteiger partial charge on any atom is -0.508 e. The molecule has 0 saturated carbocycles. The summed E-state index contributed by atoms with van der Waals surface area (Å²) in [6.45, 7) is 4.71. The number of ether oxygens (including phenoxy) is 1. The van der Waals surface area contributed by atoms with Crippen LogP contribution in [0.2, 0.25) is 5.02 Å². The monoisotopic (exact) mass is 572 g/mol. The van der Waals surface area contributed by atoms with E-state index in [9.17, 15) is 14.7 Å². The van der Waals surface area contributed by atoms with Crippen LogP contribution in [0.3, 0.4) is 0 Å². The molecule has 0 saturated heterocycles. The molecule has 3 aromatic carbocycles. The van der Waals surface area contributed by atoms with Gasteiger partial charge in [-0.1, -0.05) is 29.8 Å². The summed E-state index contributed by atoms with van der Waals surface area (Å²) in [6, 6.07) is 18.6. The summed E-state index contributed by atoms with van der Waals surface area (Å²) in [6.07, 6.45) is 0.110. The van der Waals surface area contributed by atoms with Crippen molar-refractivity contribution in [3.63, 3.8) is 0 Å². The highest BCUT2D eigenvalue weighted by Gasteiger charge is 2.30. The number of phenolic OH excluding ortho intramolecular Hbond substituents is 1. The van der Waals surface area contributed by atoms with Crippen LogP contribution in [0.25, 0.3) is 5.69 Å². The molecule has 2 heterocycles. The number of hydrogen-bond donors (Lipinski definition) is 3. The zero-order valence-electron chi connectivity index (χ0n) is 22.6. The summed E-state index contributed by atoms with van der Waals surface area (Å²) in [4.78, 5) is 30.1. The molecule has 41 heavy (non-hydrogen) atoms. The molecule has 1 atom stereocenters. The highest BCUT2D eigenvalue weighted by atomic mass is 35.5. The number of nitrogens with zero attached hydrogens (tertiary/aromatic N) is 4. The largest absolute Gasteiger partial charge is 0.508 e. The maximum Gasteiger partial charge on any atom is 0.251 e. The van der Waals surface area contributed by atoms with Crippen LogP contribution in [-0.4, -0.2) is 57.1 Å². The first-order valence-corrected chi connectivity index (χ1v) is 13.6. The summed E-state index contributed by atoms with van der Waals surface area (Å²) >= 11 is 6.18. The number of aromatic nitrogens is 3. The highest BCUT2D eigenvalue weighted by Crippen LogP contribution is 2.34. The zero-order chi connectivity index (χ0) is 28.9. The lowest BCUT2D eigenvalue weighted by Gasteiger charge is -2.15. The van der Waals surface area contributed by atoms with Gasteiger partial charge < -0.3 is 20.5 Å². The number of aliphatic imine (C=N–C) groups is 1. The van der Waals surface area contributed by atoms with E-state index < -0.39 is 6.04 Å². The summed E-state index contributed by atoms with van der Waals surface area (Å²) in [5.41, 5.74) is 3.43. The normalized spacial score (nSPS) is 13.8. The van der Waals surface area contributed by atoms with Crippen molar-refractivity contribution < 1.29 is 19.4 Å². The number of phenols is 1. The van der Waals surface area contributed by atoms with Crippen molar-refractivity contribution in [2.45, 2.75) is 26.3 Å². The molecular weight excluding hydrogens is 544 g/mol. The standard InChI is InChI=1S/C30H29ClN6O4/c1-3-32-27(39)17-25-29-36-35-18(2)37(29)26-12-11-23(16-24(26)28(34-25)19-7-9-21(31)10-8-19)41-14-13-33-30(40)20-5-4-6-22(38)15-20/h4-12,15-16,25,38H,3,13-14,17H2,1-2H3,(H,32,39)(H,33,40)/t25-/m0/s1. The zero-order valence-corrected chi connectivity index (χ0v) is 23.4. The van der Waals surface area contributed by atoms with E-state index in [1.165, 1.54) is 12.1 Å². The number of rotatable bonds is 9. The minimum atomic E-state index is -0.571. The lowest BCUT2D eigenvalue weighted by Crippen LogP contribution is -2.28. The smallest absolute Gasteiger partial charge is 0.251 e. The molecule has 1 aromatic heterocycles. The van der Waals surface area contributed by atoms with Gasteiger partial charge in [0.1, 0.15) is 30.0 Å². The first-order valence-electron chi connectivity index (χ1n) is 13.2. The topological polar surface area (TPSA) is 131 Å². The summed E-state index contributed by atoms with van der Waals surface area (Å²) < 4.78 is 7.93. The molecule has 3 N–H and O–H groups in total. The molecule has 11 heteroatoms. The van der Waals surface area contributed by atoms with Gasteiger partial charge in [0.25, 0.3) is 5.91 Å². The molecule has 0 bridgehead atoms. The molecule has 0 radical (unpaired) electrons. The van der Waals surface area contributed by atoms with Crippen molar-refractivity contribution in [2.24, 2.45) is 4.99 Å². The predicted molar refractivity (Wildman–Crippen MR) is 155 cm³/mol. The lowest BCUT2D eigenvalue weighted by molar-refractivity contribution is -0.121. The molecule has 210 valence electrons. The van der Waals surface area contributed by atoms with Gasteiger partial charge in [-0.15, -0.1) is 10.2 Å². The van der Waals surface area contributed by atoms with E-state index in [1.807, 2.05) is 48.7 Å². The third-order valence-electron chi connectivity index (χ3n) is 6.53. The number of aromatic hydroxyl groups is 1. The molecule has 0 spiro atoms. The first-order chi connectivity index (χ1) is 19.8. The molecule has 1 aliphatic heterocycles. The van der Waals surface area contributed by atoms with Crippen molar-refractivity contribution in [1.82, 2.24) is 25.4 Å². The number of carbonyl (C=O) groups excluding carboxylic acids is 2. The Morgan fingerprint density at radius 1 is 1.05 bits per heavy atom. The SMILES string of the molecule is CCNC(=O)C[C@@H]1N=C(c2ccc(Cl)cc2)c2cc(OCCNC(=O)c3cccc(O)c3)ccc2-n2c(C)nnc21. The number of amides is 2. The Morgan fingerprint density at radius 3 is 2.61 bits per heavy atom. The van der Waals surface area contributed by atoms with Crippen LogP contribution in [0.5, 0.6) is 11.5 Å². The summed E-state index contributed by atoms with van der Waals surface area (Å²) in [5.74, 6) is 1.40. The van der Waals surface area contributed by atoms with Gasteiger partial charge in [-0.05, 0) is 62.4 Å². The van der Waals surface area contributed by atoms with Crippen molar-refractivity contribution in [3.05, 3.63) is 100 Å². The molecule has 0 unspecified atom stereocenters. The van der Waals surface area contributed by atoms with E-state index in [2.05, 4.69) is 20.8 Å². The number of carbonyl (C=O) groups is 2. The Hall–Kier alpha value is -4.70. The number of benzene rings is 3. The Balaban J connectivity index is 1.45. The van der Waals surface area contributed by atoms with Gasteiger partial charge in [0.2, 0.25) is 5.91 Å². The maximum atomic E-state index is 12.6. The van der Waals surface area contributed by atoms with Crippen molar-refractivity contribution in [2.75, 3.05) is 19.7 Å². The van der Waals surface area contributed by atoms with Crippen molar-refractivity contribution >= 4 is 29.1 Å². The van der Waals surface area contributed by atoms with Gasteiger partial charge in [-0.3, -0.25) is 19.1 Å². The fourth-order valence-corrected chi connectivity index (χ4v) is 4.79. The predicted octanol–water partition coefficient (Wildman–Crippen LogP) is 4.16. The van der Waals surface area contributed by atoms with E-state index in [0.29, 0.717) is 40.2 Å². The Morgan fingerprint density at radius 2 is 1.85 bits per heavy atom. The van der Waals surface area contributed by atoms with Crippen LogP contribution in [0.1, 0.15) is 52.5 Å². The average molecular weight is 573 g/mol. The van der Waals surface area contributed by atoms with Gasteiger partial charge >= 0.3 is 0 Å². The number of nitrogens with one attached hydrogen (secondary N) is 2. The van der Waals surface area contributed by atoms with E-state index in [1.54, 1.807) is 24.3 Å². The number of fused-ring (bicyclic) bond motifs is 3. The van der Waals surface area contributed by atoms with E-state index in [4.69, 9.17) is 21.3 Å². The van der Waals surface area contributed by atoms with Gasteiger partial charge in [0, 0.05) is 28.3 Å². The molecule has 0 fully saturated rings. The van der Waals surface area contributed by atoms with Crippen LogP contribution in [-0.2, 0) is 4.79 Å². The minimum absolute atomic E-state index is 0.0248. The fraction of sp³-hybridized carbons (Fsp3) is 0.233. The number of aryl methyl sites for hydroxylation is 1. The molecule has 1 aliphatic rings. The molecule has 2 amide bonds. The first kappa shape index (κ1) is 27.9. The molecule has 5 rings (SSSR count). The Labute approximate surface area is 242 Å². The Kier molecular flexibility index (Phi) is 8.30. The van der Waals surface area contributed by atoms with E-state index in [0.717, 1.165) is 16.8 Å². The van der Waals surface area contributed by atoms with Gasteiger partial charge in [0.05, 0.1) is 24.4 Å². The van der Waals surface area contributed by atoms with Crippen molar-refractivity contribution in [3.8, 4) is 17.2 Å². The van der Waals surface area contributed by atoms with Crippen LogP contribution in [0, 0.1) is 6.92 Å². The van der Waals surface area contributed by atoms with Gasteiger partial charge in [-0.25, -0.2) is 0 Å². The van der Waals surface area contributed by atoms with Crippen LogP contribution >= 0.6 is 11.6 Å². The summed E-state index contributed by atoms with van der Waals surface area (Å²) in [7, 11) is 0. The third-order valence-corrected chi connectivity index (χ3v) is 6.78. The second kappa shape index (κ2) is 12.2. The number of halogens is 1. The van der Waals surface area contributed by atoms with Gasteiger partial charge in [0.15, 0.2) is 5.82 Å². The molecule has 4 aromatic rings. The summed E-state index contributed by atoms with van der Waals surface area (Å²) in [5, 5.41) is 24.5. The molecule has 0 aliphatic carbocycles. The second-order valence-corrected chi connectivity index (χ2v) is 9.87. The Bertz CT molecular complexity index is 1620. The third kappa shape index (κ3) is 6.22. The highest BCUT2D eigenvalue weighted by molar-refractivity contribution is 6.30. The lowest BCUT2D eigenvalue weighted by atomic mass is 10.00. The van der Waals surface area contributed by atoms with E-state index in [-0.39, 0.29) is 37.1 Å². The van der Waals surface area contributed by atoms with Crippen LogP contribution < -0.4 is 15.4 Å². The maximum absolute atomic E-state index is 12.6. The molecule has 10 nitrogen and oxygen atoms in total. The van der Waals surface area contributed by atoms with Crippen molar-refractivity contribution in [1.29, 1.82) is 0 Å². The van der Waals surface area contributed by atoms with Crippen LogP contribution in [0.4, 0.5) is 0 Å². The van der Waals surface area contributed by atoms with E-state index >= 15 is 0 Å².